The van der Waals surface area contributed by atoms with Gasteiger partial charge in [0.1, 0.15) is 22.9 Å². The van der Waals surface area contributed by atoms with E-state index in [0.717, 1.165) is 17.7 Å². The van der Waals surface area contributed by atoms with E-state index in [1.54, 1.807) is 62.1 Å². The third kappa shape index (κ3) is 7.69. The standard InChI is InChI=1S/C52H52N10O10/c1-27-20-29(57-16-7-8-42(57)63)9-11-39(27)59-19-15-37-44(49(54)65)56-62(46(37)52(59)68)32-24-38(47(72-6)41(25-32)71-5)35-13-17-58(50(35)66)30-10-12-40(28(2)21-30)60-18-14-36-43(48(53)64)55-61(45(36)51(60)67)31-22-33(69-3)26-34(23-31)70-4/h9-12,20-26,35H,7-8,13-19H2,1-6H3,(H2,53,64)(H2,54,65). The van der Waals surface area contributed by atoms with Crippen LogP contribution in [0.5, 0.6) is 23.0 Å². The number of rotatable bonds is 13. The lowest BCUT2D eigenvalue weighted by Crippen LogP contribution is -2.39. The zero-order valence-corrected chi connectivity index (χ0v) is 40.6. The number of nitrogens with zero attached hydrogens (tertiary/aromatic N) is 8. The second kappa shape index (κ2) is 18.2. The number of fused-ring (bicyclic) bond motifs is 2. The molecular formula is C52H52N10O10. The molecule has 2 fully saturated rings. The highest BCUT2D eigenvalue weighted by molar-refractivity contribution is 6.11. The van der Waals surface area contributed by atoms with E-state index >= 15 is 0 Å². The molecule has 6 aromatic rings. The van der Waals surface area contributed by atoms with Gasteiger partial charge in [-0.2, -0.15) is 10.2 Å². The van der Waals surface area contributed by atoms with Crippen LogP contribution in [0.25, 0.3) is 11.4 Å². The highest BCUT2D eigenvalue weighted by Gasteiger charge is 2.40. The van der Waals surface area contributed by atoms with Crippen molar-refractivity contribution in [1.82, 2.24) is 19.6 Å². The van der Waals surface area contributed by atoms with Gasteiger partial charge in [-0.1, -0.05) is 0 Å². The predicted octanol–water partition coefficient (Wildman–Crippen LogP) is 4.96. The number of aromatic nitrogens is 4. The van der Waals surface area contributed by atoms with Gasteiger partial charge < -0.3 is 50.0 Å². The zero-order valence-electron chi connectivity index (χ0n) is 40.6. The van der Waals surface area contributed by atoms with Crippen LogP contribution >= 0.6 is 0 Å². The first-order valence-corrected chi connectivity index (χ1v) is 23.5. The van der Waals surface area contributed by atoms with Gasteiger partial charge in [-0.15, -0.1) is 0 Å². The maximum atomic E-state index is 14.7. The van der Waals surface area contributed by atoms with Crippen LogP contribution < -0.4 is 50.0 Å². The molecule has 0 spiro atoms. The van der Waals surface area contributed by atoms with E-state index in [1.165, 1.54) is 37.8 Å². The first kappa shape index (κ1) is 47.0. The lowest BCUT2D eigenvalue weighted by Gasteiger charge is -2.30. The van der Waals surface area contributed by atoms with Gasteiger partial charge in [-0.3, -0.25) is 28.8 Å². The maximum Gasteiger partial charge on any atom is 0.277 e. The Morgan fingerprint density at radius 2 is 1.10 bits per heavy atom. The summed E-state index contributed by atoms with van der Waals surface area (Å²) >= 11 is 0. The fourth-order valence-electron chi connectivity index (χ4n) is 10.6. The van der Waals surface area contributed by atoms with Crippen LogP contribution in [0.15, 0.2) is 66.7 Å². The number of hydrogen-bond acceptors (Lipinski definition) is 12. The lowest BCUT2D eigenvalue weighted by molar-refractivity contribution is -0.118. The minimum atomic E-state index is -0.793. The Labute approximate surface area is 413 Å². The third-order valence-corrected chi connectivity index (χ3v) is 14.0. The maximum absolute atomic E-state index is 14.7. The fourth-order valence-corrected chi connectivity index (χ4v) is 10.6. The zero-order chi connectivity index (χ0) is 50.9. The van der Waals surface area contributed by atoms with Crippen LogP contribution in [0, 0.1) is 13.8 Å². The van der Waals surface area contributed by atoms with Crippen molar-refractivity contribution in [3.63, 3.8) is 0 Å². The molecule has 1 atom stereocenters. The Morgan fingerprint density at radius 1 is 0.569 bits per heavy atom. The molecule has 370 valence electrons. The lowest BCUT2D eigenvalue weighted by atomic mass is 9.95. The van der Waals surface area contributed by atoms with Crippen molar-refractivity contribution in [3.8, 4) is 34.4 Å². The Bertz CT molecular complexity index is 3280. The molecule has 4 N–H and O–H groups in total. The molecule has 10 rings (SSSR count). The quantitative estimate of drug-likeness (QED) is 0.156. The minimum absolute atomic E-state index is 0.00115. The fraction of sp³-hybridized carbons (Fsp3) is 0.308. The summed E-state index contributed by atoms with van der Waals surface area (Å²) in [5.41, 5.74) is 18.2. The molecular weight excluding hydrogens is 925 g/mol. The van der Waals surface area contributed by atoms with Gasteiger partial charge in [-0.25, -0.2) is 9.36 Å². The topological polar surface area (TPSA) is 240 Å². The van der Waals surface area contributed by atoms with Crippen LogP contribution in [-0.2, 0) is 22.4 Å². The summed E-state index contributed by atoms with van der Waals surface area (Å²) in [6, 6.07) is 19.4. The summed E-state index contributed by atoms with van der Waals surface area (Å²) < 4.78 is 25.5. The van der Waals surface area contributed by atoms with Crippen LogP contribution in [0.1, 0.15) is 95.0 Å². The molecule has 2 saturated heterocycles. The Morgan fingerprint density at radius 3 is 1.56 bits per heavy atom. The summed E-state index contributed by atoms with van der Waals surface area (Å²) in [4.78, 5) is 88.7. The molecule has 0 radical (unpaired) electrons. The summed E-state index contributed by atoms with van der Waals surface area (Å²) in [7, 11) is 5.96. The van der Waals surface area contributed by atoms with Crippen LogP contribution in [0.4, 0.5) is 22.7 Å². The Kier molecular flexibility index (Phi) is 11.9. The first-order chi connectivity index (χ1) is 34.6. The van der Waals surface area contributed by atoms with Gasteiger partial charge in [0.2, 0.25) is 11.8 Å². The van der Waals surface area contributed by atoms with Gasteiger partial charge >= 0.3 is 0 Å². The number of carbonyl (C=O) groups is 6. The molecule has 20 heteroatoms. The van der Waals surface area contributed by atoms with Gasteiger partial charge in [0.05, 0.1) is 45.7 Å². The molecule has 2 aromatic heterocycles. The number of carbonyl (C=O) groups excluding carboxylic acids is 6. The van der Waals surface area contributed by atoms with Gasteiger partial charge in [0.15, 0.2) is 22.9 Å². The van der Waals surface area contributed by atoms with Crippen molar-refractivity contribution in [2.24, 2.45) is 11.5 Å². The van der Waals surface area contributed by atoms with E-state index in [2.05, 4.69) is 10.2 Å². The van der Waals surface area contributed by atoms with Crippen molar-refractivity contribution in [2.45, 2.75) is 51.9 Å². The SMILES string of the molecule is COc1cc(OC)cc(-n2nc(C(N)=O)c3c2C(=O)N(c2ccc(N4CCC(c5cc(-n6nc(C(N)=O)c7c6C(=O)N(c6ccc(N8CCCC8=O)cc6C)CC7)cc(OC)c5OC)C4=O)cc2C)CC3)c1. The van der Waals surface area contributed by atoms with E-state index < -0.39 is 29.5 Å². The van der Waals surface area contributed by atoms with Crippen molar-refractivity contribution in [3.05, 3.63) is 117 Å². The van der Waals surface area contributed by atoms with E-state index in [9.17, 15) is 28.8 Å². The van der Waals surface area contributed by atoms with Crippen molar-refractivity contribution in [1.29, 1.82) is 0 Å². The number of benzene rings is 4. The average molecular weight is 977 g/mol. The average Bonchev–Trinajstić information content (AvgIpc) is 4.18. The number of aryl methyl sites for hydroxylation is 2. The number of nitrogens with two attached hydrogens (primary N) is 2. The molecule has 6 heterocycles. The predicted molar refractivity (Wildman–Crippen MR) is 265 cm³/mol. The largest absolute Gasteiger partial charge is 0.497 e. The summed E-state index contributed by atoms with van der Waals surface area (Å²) in [6.07, 6.45) is 2.24. The second-order valence-electron chi connectivity index (χ2n) is 18.1. The normalized spacial score (nSPS) is 16.6. The highest BCUT2D eigenvalue weighted by atomic mass is 16.5. The van der Waals surface area contributed by atoms with Crippen LogP contribution in [0.2, 0.25) is 0 Å². The number of ether oxygens (including phenoxy) is 4. The Balaban J connectivity index is 0.953. The molecule has 72 heavy (non-hydrogen) atoms. The molecule has 0 aliphatic carbocycles. The number of anilines is 4. The van der Waals surface area contributed by atoms with Crippen LogP contribution in [0.3, 0.4) is 0 Å². The van der Waals surface area contributed by atoms with Crippen molar-refractivity contribution < 1.29 is 47.7 Å². The molecule has 1 unspecified atom stereocenters. The van der Waals surface area contributed by atoms with Gasteiger partial charge in [-0.05, 0) is 93.1 Å². The van der Waals surface area contributed by atoms with Crippen molar-refractivity contribution >= 4 is 58.2 Å². The molecule has 4 aliphatic heterocycles. The summed E-state index contributed by atoms with van der Waals surface area (Å²) in [6.45, 7) is 5.21. The first-order valence-electron chi connectivity index (χ1n) is 23.5. The van der Waals surface area contributed by atoms with E-state index in [0.29, 0.717) is 100 Å². The van der Waals surface area contributed by atoms with Gasteiger partial charge in [0, 0.05) is 96.3 Å². The molecule has 20 nitrogen and oxygen atoms in total. The molecule has 0 bridgehead atoms. The minimum Gasteiger partial charge on any atom is -0.497 e. The summed E-state index contributed by atoms with van der Waals surface area (Å²) in [5.74, 6) is -1.77. The van der Waals surface area contributed by atoms with Crippen molar-refractivity contribution in [2.75, 3.05) is 74.2 Å². The smallest absolute Gasteiger partial charge is 0.277 e. The van der Waals surface area contributed by atoms with E-state index in [-0.39, 0.29) is 59.8 Å². The highest BCUT2D eigenvalue weighted by Crippen LogP contribution is 2.44. The third-order valence-electron chi connectivity index (χ3n) is 14.0. The van der Waals surface area contributed by atoms with E-state index in [1.807, 2.05) is 38.1 Å². The monoisotopic (exact) mass is 976 g/mol. The number of primary amides is 2. The molecule has 6 amide bonds. The Hall–Kier alpha value is -8.68. The molecule has 4 aliphatic rings. The number of hydrogen-bond donors (Lipinski definition) is 2. The second-order valence-corrected chi connectivity index (χ2v) is 18.1. The molecule has 0 saturated carbocycles. The number of amides is 6. The summed E-state index contributed by atoms with van der Waals surface area (Å²) in [5, 5.41) is 9.13. The van der Waals surface area contributed by atoms with Gasteiger partial charge in [0.25, 0.3) is 23.6 Å². The molecule has 4 aromatic carbocycles. The van der Waals surface area contributed by atoms with E-state index in [4.69, 9.17) is 30.4 Å². The number of methoxy groups -OCH3 is 4. The van der Waals surface area contributed by atoms with Crippen LogP contribution in [-0.4, -0.2) is 110 Å².